The van der Waals surface area contributed by atoms with Gasteiger partial charge in [0.2, 0.25) is 0 Å². The minimum atomic E-state index is 0.0173. The zero-order chi connectivity index (χ0) is 18.5. The summed E-state index contributed by atoms with van der Waals surface area (Å²) in [5, 5.41) is 4.33. The van der Waals surface area contributed by atoms with Crippen molar-refractivity contribution < 1.29 is 9.53 Å². The van der Waals surface area contributed by atoms with Crippen LogP contribution in [0.25, 0.3) is 0 Å². The van der Waals surface area contributed by atoms with E-state index in [0.29, 0.717) is 31.2 Å². The summed E-state index contributed by atoms with van der Waals surface area (Å²) in [6.45, 7) is 1.96. The summed E-state index contributed by atoms with van der Waals surface area (Å²) in [6.07, 6.45) is 8.35. The van der Waals surface area contributed by atoms with Gasteiger partial charge in [0.1, 0.15) is 6.10 Å². The topological polar surface area (TPSA) is 73.1 Å². The first kappa shape index (κ1) is 17.2. The second kappa shape index (κ2) is 7.99. The van der Waals surface area contributed by atoms with Gasteiger partial charge in [-0.25, -0.2) is 9.97 Å². The Bertz CT molecular complexity index is 874. The van der Waals surface area contributed by atoms with Crippen molar-refractivity contribution in [2.45, 2.75) is 25.5 Å². The number of piperidine rings is 1. The first-order chi connectivity index (χ1) is 13.3. The Morgan fingerprint density at radius 3 is 2.56 bits per heavy atom. The molecule has 1 saturated heterocycles. The minimum Gasteiger partial charge on any atom is -0.460 e. The molecule has 1 aliphatic heterocycles. The van der Waals surface area contributed by atoms with E-state index in [2.05, 4.69) is 15.1 Å². The molecule has 3 aromatic rings. The lowest BCUT2D eigenvalue weighted by molar-refractivity contribution is 0.0578. The SMILES string of the molecule is O=C(c1cnn(Cc2ccccc2)c1)N1CCC(Oc2ncccn2)CC1. The minimum absolute atomic E-state index is 0.0173. The van der Waals surface area contributed by atoms with E-state index in [9.17, 15) is 4.79 Å². The van der Waals surface area contributed by atoms with Crippen LogP contribution in [0.15, 0.2) is 61.2 Å². The smallest absolute Gasteiger partial charge is 0.316 e. The molecular formula is C20H21N5O2. The van der Waals surface area contributed by atoms with Crippen molar-refractivity contribution in [3.63, 3.8) is 0 Å². The quantitative estimate of drug-likeness (QED) is 0.696. The summed E-state index contributed by atoms with van der Waals surface area (Å²) >= 11 is 0. The number of amides is 1. The van der Waals surface area contributed by atoms with Gasteiger partial charge in [-0.2, -0.15) is 5.10 Å². The van der Waals surface area contributed by atoms with E-state index in [-0.39, 0.29) is 12.0 Å². The number of likely N-dealkylation sites (tertiary alicyclic amines) is 1. The molecule has 7 nitrogen and oxygen atoms in total. The van der Waals surface area contributed by atoms with Crippen LogP contribution in [0.2, 0.25) is 0 Å². The number of carbonyl (C=O) groups excluding carboxylic acids is 1. The molecule has 0 spiro atoms. The first-order valence-corrected chi connectivity index (χ1v) is 9.07. The molecule has 138 valence electrons. The maximum atomic E-state index is 12.7. The summed E-state index contributed by atoms with van der Waals surface area (Å²) in [6, 6.07) is 12.2. The Labute approximate surface area is 157 Å². The molecule has 0 N–H and O–H groups in total. The lowest BCUT2D eigenvalue weighted by Crippen LogP contribution is -2.41. The van der Waals surface area contributed by atoms with Crippen molar-refractivity contribution in [3.8, 4) is 6.01 Å². The van der Waals surface area contributed by atoms with Crippen LogP contribution in [0, 0.1) is 0 Å². The maximum absolute atomic E-state index is 12.7. The Balaban J connectivity index is 1.32. The van der Waals surface area contributed by atoms with Gasteiger partial charge in [0, 0.05) is 44.5 Å². The van der Waals surface area contributed by atoms with Gasteiger partial charge in [-0.3, -0.25) is 9.48 Å². The number of benzene rings is 1. The van der Waals surface area contributed by atoms with E-state index in [1.165, 1.54) is 0 Å². The molecule has 3 heterocycles. The standard InChI is InChI=1S/C20H21N5O2/c26-19(17-13-23-25(15-17)14-16-5-2-1-3-6-16)24-11-7-18(8-12-24)27-20-21-9-4-10-22-20/h1-6,9-10,13,15,18H,7-8,11-12,14H2. The second-order valence-corrected chi connectivity index (χ2v) is 6.55. The molecule has 1 aromatic carbocycles. The normalized spacial score (nSPS) is 14.9. The number of aromatic nitrogens is 4. The molecule has 7 heteroatoms. The molecule has 1 amide bonds. The Hall–Kier alpha value is -3.22. The number of rotatable bonds is 5. The molecule has 1 aliphatic rings. The van der Waals surface area contributed by atoms with Gasteiger partial charge < -0.3 is 9.64 Å². The maximum Gasteiger partial charge on any atom is 0.316 e. The van der Waals surface area contributed by atoms with Gasteiger partial charge in [0.05, 0.1) is 18.3 Å². The van der Waals surface area contributed by atoms with Crippen LogP contribution in [-0.4, -0.2) is 49.7 Å². The van der Waals surface area contributed by atoms with Gasteiger partial charge in [-0.1, -0.05) is 30.3 Å². The number of ether oxygens (including phenoxy) is 1. The molecule has 0 aliphatic carbocycles. The van der Waals surface area contributed by atoms with Crippen molar-refractivity contribution in [1.82, 2.24) is 24.6 Å². The van der Waals surface area contributed by atoms with Crippen LogP contribution in [0.1, 0.15) is 28.8 Å². The van der Waals surface area contributed by atoms with Gasteiger partial charge in [-0.15, -0.1) is 0 Å². The van der Waals surface area contributed by atoms with Crippen molar-refractivity contribution in [2.24, 2.45) is 0 Å². The fourth-order valence-corrected chi connectivity index (χ4v) is 3.19. The zero-order valence-electron chi connectivity index (χ0n) is 14.9. The fourth-order valence-electron chi connectivity index (χ4n) is 3.19. The highest BCUT2D eigenvalue weighted by Gasteiger charge is 2.25. The molecule has 0 unspecified atom stereocenters. The van der Waals surface area contributed by atoms with Crippen LogP contribution < -0.4 is 4.74 Å². The van der Waals surface area contributed by atoms with Crippen molar-refractivity contribution in [1.29, 1.82) is 0 Å². The van der Waals surface area contributed by atoms with Crippen LogP contribution in [0.3, 0.4) is 0 Å². The predicted octanol–water partition coefficient (Wildman–Crippen LogP) is 2.41. The monoisotopic (exact) mass is 363 g/mol. The van der Waals surface area contributed by atoms with E-state index in [1.807, 2.05) is 41.4 Å². The summed E-state index contributed by atoms with van der Waals surface area (Å²) < 4.78 is 7.58. The molecule has 0 saturated carbocycles. The molecule has 0 atom stereocenters. The van der Waals surface area contributed by atoms with E-state index in [1.54, 1.807) is 29.3 Å². The summed E-state index contributed by atoms with van der Waals surface area (Å²) in [5.74, 6) is 0.0173. The summed E-state index contributed by atoms with van der Waals surface area (Å²) in [5.41, 5.74) is 1.78. The molecule has 27 heavy (non-hydrogen) atoms. The van der Waals surface area contributed by atoms with Gasteiger partial charge >= 0.3 is 6.01 Å². The molecule has 0 bridgehead atoms. The summed E-state index contributed by atoms with van der Waals surface area (Å²) in [4.78, 5) is 22.8. The largest absolute Gasteiger partial charge is 0.460 e. The third-order valence-corrected chi connectivity index (χ3v) is 4.61. The molecule has 1 fully saturated rings. The Morgan fingerprint density at radius 2 is 1.81 bits per heavy atom. The van der Waals surface area contributed by atoms with Crippen LogP contribution in [0.5, 0.6) is 6.01 Å². The first-order valence-electron chi connectivity index (χ1n) is 9.07. The molecule has 2 aromatic heterocycles. The average Bonchev–Trinajstić information content (AvgIpc) is 3.18. The highest BCUT2D eigenvalue weighted by molar-refractivity contribution is 5.93. The zero-order valence-corrected chi connectivity index (χ0v) is 14.9. The Morgan fingerprint density at radius 1 is 1.07 bits per heavy atom. The van der Waals surface area contributed by atoms with E-state index >= 15 is 0 Å². The Kier molecular flexibility index (Phi) is 5.09. The number of nitrogens with zero attached hydrogens (tertiary/aromatic N) is 5. The lowest BCUT2D eigenvalue weighted by Gasteiger charge is -2.31. The number of hydrogen-bond acceptors (Lipinski definition) is 5. The van der Waals surface area contributed by atoms with E-state index in [0.717, 1.165) is 18.4 Å². The van der Waals surface area contributed by atoms with Gasteiger partial charge in [0.25, 0.3) is 5.91 Å². The fraction of sp³-hybridized carbons (Fsp3) is 0.300. The van der Waals surface area contributed by atoms with Crippen LogP contribution in [0.4, 0.5) is 0 Å². The third kappa shape index (κ3) is 4.31. The van der Waals surface area contributed by atoms with E-state index < -0.39 is 0 Å². The lowest BCUT2D eigenvalue weighted by atomic mass is 10.1. The molecular weight excluding hydrogens is 342 g/mol. The predicted molar refractivity (Wildman–Crippen MR) is 99.4 cm³/mol. The van der Waals surface area contributed by atoms with Gasteiger partial charge in [0.15, 0.2) is 0 Å². The molecule has 4 rings (SSSR count). The van der Waals surface area contributed by atoms with Crippen LogP contribution >= 0.6 is 0 Å². The van der Waals surface area contributed by atoms with Gasteiger partial charge in [-0.05, 0) is 11.6 Å². The van der Waals surface area contributed by atoms with E-state index in [4.69, 9.17) is 4.74 Å². The van der Waals surface area contributed by atoms with Crippen molar-refractivity contribution in [3.05, 3.63) is 72.3 Å². The number of carbonyl (C=O) groups is 1. The van der Waals surface area contributed by atoms with Crippen molar-refractivity contribution >= 4 is 5.91 Å². The highest BCUT2D eigenvalue weighted by Crippen LogP contribution is 2.17. The third-order valence-electron chi connectivity index (χ3n) is 4.61. The second-order valence-electron chi connectivity index (χ2n) is 6.55. The molecule has 0 radical (unpaired) electrons. The van der Waals surface area contributed by atoms with Crippen molar-refractivity contribution in [2.75, 3.05) is 13.1 Å². The average molecular weight is 363 g/mol. The highest BCUT2D eigenvalue weighted by atomic mass is 16.5. The van der Waals surface area contributed by atoms with Crippen LogP contribution in [-0.2, 0) is 6.54 Å². The summed E-state index contributed by atoms with van der Waals surface area (Å²) in [7, 11) is 0. The number of hydrogen-bond donors (Lipinski definition) is 0.